The topological polar surface area (TPSA) is 38.3 Å². The van der Waals surface area contributed by atoms with Crippen LogP contribution in [0.1, 0.15) is 58.1 Å². The van der Waals surface area contributed by atoms with Crippen molar-refractivity contribution in [1.82, 2.24) is 5.32 Å². The van der Waals surface area contributed by atoms with Crippen molar-refractivity contribution in [1.29, 1.82) is 0 Å². The highest BCUT2D eigenvalue weighted by molar-refractivity contribution is 5.76. The number of ether oxygens (including phenoxy) is 1. The number of rotatable bonds is 4. The summed E-state index contributed by atoms with van der Waals surface area (Å²) in [7, 11) is 0. The number of esters is 1. The van der Waals surface area contributed by atoms with Gasteiger partial charge in [0, 0.05) is 18.5 Å². The molecular weight excluding hydrogens is 322 g/mol. The van der Waals surface area contributed by atoms with Crippen LogP contribution in [-0.2, 0) is 9.53 Å². The van der Waals surface area contributed by atoms with E-state index < -0.39 is 0 Å². The second-order valence-corrected chi connectivity index (χ2v) is 8.88. The van der Waals surface area contributed by atoms with E-state index >= 15 is 0 Å². The quantitative estimate of drug-likeness (QED) is 0.632. The van der Waals surface area contributed by atoms with E-state index in [1.807, 2.05) is 6.07 Å². The Balaban J connectivity index is 1.50. The summed E-state index contributed by atoms with van der Waals surface area (Å²) >= 11 is 0. The Morgan fingerprint density at radius 2 is 2.08 bits per heavy atom. The van der Waals surface area contributed by atoms with E-state index in [-0.39, 0.29) is 35.4 Å². The number of carbonyl (C=O) groups is 1. The maximum atomic E-state index is 12.6. The van der Waals surface area contributed by atoms with Crippen molar-refractivity contribution in [2.45, 2.75) is 58.6 Å². The van der Waals surface area contributed by atoms with Crippen LogP contribution in [0.15, 0.2) is 42.0 Å². The number of nitrogens with one attached hydrogen (secondary N) is 1. The smallest absolute Gasteiger partial charge is 0.311 e. The van der Waals surface area contributed by atoms with Crippen LogP contribution in [0.2, 0.25) is 0 Å². The van der Waals surface area contributed by atoms with Gasteiger partial charge in [0.25, 0.3) is 0 Å². The summed E-state index contributed by atoms with van der Waals surface area (Å²) in [5.74, 6) is 0.806. The number of carbonyl (C=O) groups excluding carboxylic acids is 1. The molecule has 0 spiro atoms. The molecule has 6 atom stereocenters. The number of hydrogen-bond donors (Lipinski definition) is 1. The first-order chi connectivity index (χ1) is 12.5. The summed E-state index contributed by atoms with van der Waals surface area (Å²) in [5.41, 5.74) is 3.08. The van der Waals surface area contributed by atoms with Crippen molar-refractivity contribution in [3.05, 3.63) is 47.5 Å². The lowest BCUT2D eigenvalue weighted by atomic mass is 9.59. The summed E-state index contributed by atoms with van der Waals surface area (Å²) < 4.78 is 5.84. The van der Waals surface area contributed by atoms with Gasteiger partial charge in [-0.05, 0) is 43.1 Å². The molecule has 1 N–H and O–H groups in total. The molecule has 1 aliphatic heterocycles. The lowest BCUT2D eigenvalue weighted by molar-refractivity contribution is -0.145. The Kier molecular flexibility index (Phi) is 4.68. The minimum absolute atomic E-state index is 0.0143. The zero-order valence-corrected chi connectivity index (χ0v) is 16.2. The standard InChI is InChI=1S/C23H31NO2/c1-15-8-7-11-23(3)13-21-18(12-20(15)23)19(22(25)26-21)14-24-16(2)17-9-5-4-6-10-17/h4-6,9-10,12,15-16,18-19,21,24H,7-8,11,13-14H2,1-3H3/t15-,16-,18+,19-,21+,23+/m0/s1. The van der Waals surface area contributed by atoms with Crippen LogP contribution in [0.4, 0.5) is 0 Å². The minimum Gasteiger partial charge on any atom is -0.461 e. The third-order valence-corrected chi connectivity index (χ3v) is 7.02. The van der Waals surface area contributed by atoms with E-state index in [1.54, 1.807) is 5.57 Å². The zero-order valence-electron chi connectivity index (χ0n) is 16.2. The van der Waals surface area contributed by atoms with Crippen molar-refractivity contribution in [3.63, 3.8) is 0 Å². The monoisotopic (exact) mass is 353 g/mol. The van der Waals surface area contributed by atoms with Crippen LogP contribution in [0.25, 0.3) is 0 Å². The molecule has 1 heterocycles. The second kappa shape index (κ2) is 6.84. The van der Waals surface area contributed by atoms with E-state index in [0.29, 0.717) is 12.5 Å². The van der Waals surface area contributed by atoms with E-state index in [1.165, 1.54) is 24.8 Å². The molecule has 1 saturated carbocycles. The minimum atomic E-state index is -0.0580. The van der Waals surface area contributed by atoms with Crippen molar-refractivity contribution in [3.8, 4) is 0 Å². The van der Waals surface area contributed by atoms with Gasteiger partial charge in [0.15, 0.2) is 0 Å². The number of fused-ring (bicyclic) bond motifs is 2. The fraction of sp³-hybridized carbons (Fsp3) is 0.609. The third-order valence-electron chi connectivity index (χ3n) is 7.02. The van der Waals surface area contributed by atoms with Gasteiger partial charge in [0.2, 0.25) is 0 Å². The molecule has 0 unspecified atom stereocenters. The summed E-state index contributed by atoms with van der Waals surface area (Å²) in [6, 6.07) is 10.6. The molecule has 140 valence electrons. The first kappa shape index (κ1) is 17.8. The van der Waals surface area contributed by atoms with Gasteiger partial charge in [0.05, 0.1) is 5.92 Å². The first-order valence-electron chi connectivity index (χ1n) is 10.2. The fourth-order valence-electron chi connectivity index (χ4n) is 5.45. The Labute approximate surface area is 157 Å². The van der Waals surface area contributed by atoms with Gasteiger partial charge in [-0.25, -0.2) is 0 Å². The Morgan fingerprint density at radius 3 is 2.85 bits per heavy atom. The Hall–Kier alpha value is -1.61. The summed E-state index contributed by atoms with van der Waals surface area (Å²) in [5, 5.41) is 3.57. The largest absolute Gasteiger partial charge is 0.461 e. The van der Waals surface area contributed by atoms with Crippen molar-refractivity contribution in [2.75, 3.05) is 6.54 Å². The van der Waals surface area contributed by atoms with Gasteiger partial charge in [-0.2, -0.15) is 0 Å². The number of allylic oxidation sites excluding steroid dienone is 1. The summed E-state index contributed by atoms with van der Waals surface area (Å²) in [4.78, 5) is 12.6. The molecule has 2 fully saturated rings. The predicted octanol–water partition coefficient (Wildman–Crippen LogP) is 4.65. The molecule has 0 radical (unpaired) electrons. The van der Waals surface area contributed by atoms with Crippen LogP contribution in [-0.4, -0.2) is 18.6 Å². The van der Waals surface area contributed by atoms with E-state index in [4.69, 9.17) is 4.74 Å². The van der Waals surface area contributed by atoms with Crippen molar-refractivity contribution < 1.29 is 9.53 Å². The van der Waals surface area contributed by atoms with Gasteiger partial charge in [0.1, 0.15) is 6.10 Å². The molecule has 1 aromatic carbocycles. The molecule has 3 nitrogen and oxygen atoms in total. The fourth-order valence-corrected chi connectivity index (χ4v) is 5.45. The normalized spacial score (nSPS) is 37.3. The molecule has 1 aromatic rings. The van der Waals surface area contributed by atoms with Crippen LogP contribution >= 0.6 is 0 Å². The van der Waals surface area contributed by atoms with Crippen LogP contribution in [0.3, 0.4) is 0 Å². The highest BCUT2D eigenvalue weighted by atomic mass is 16.6. The van der Waals surface area contributed by atoms with Gasteiger partial charge in [-0.1, -0.05) is 62.2 Å². The second-order valence-electron chi connectivity index (χ2n) is 8.88. The van der Waals surface area contributed by atoms with E-state index in [2.05, 4.69) is 56.4 Å². The number of benzene rings is 1. The van der Waals surface area contributed by atoms with E-state index in [9.17, 15) is 4.79 Å². The predicted molar refractivity (Wildman–Crippen MR) is 104 cm³/mol. The molecule has 0 aromatic heterocycles. The molecule has 3 heteroatoms. The van der Waals surface area contributed by atoms with Crippen LogP contribution < -0.4 is 5.32 Å². The van der Waals surface area contributed by atoms with Gasteiger partial charge < -0.3 is 10.1 Å². The van der Waals surface area contributed by atoms with Gasteiger partial charge in [-0.15, -0.1) is 0 Å². The molecule has 2 aliphatic carbocycles. The highest BCUT2D eigenvalue weighted by Gasteiger charge is 2.51. The van der Waals surface area contributed by atoms with Crippen LogP contribution in [0.5, 0.6) is 0 Å². The van der Waals surface area contributed by atoms with Crippen molar-refractivity contribution >= 4 is 5.97 Å². The molecule has 3 aliphatic rings. The molecule has 0 amide bonds. The highest BCUT2D eigenvalue weighted by Crippen LogP contribution is 2.53. The Bertz CT molecular complexity index is 697. The SMILES string of the molecule is C[C@H](NC[C@@H]1C(=O)O[C@@H]2C[C@@]3(C)CCC[C@H](C)C3=C[C@H]12)c1ccccc1. The molecule has 4 rings (SSSR count). The zero-order chi connectivity index (χ0) is 18.3. The Morgan fingerprint density at radius 1 is 1.31 bits per heavy atom. The lowest BCUT2D eigenvalue weighted by Crippen LogP contribution is -2.40. The van der Waals surface area contributed by atoms with Gasteiger partial charge >= 0.3 is 5.97 Å². The molecule has 26 heavy (non-hydrogen) atoms. The van der Waals surface area contributed by atoms with Crippen LogP contribution in [0, 0.1) is 23.2 Å². The third kappa shape index (κ3) is 3.11. The van der Waals surface area contributed by atoms with Gasteiger partial charge in [-0.3, -0.25) is 4.79 Å². The average Bonchev–Trinajstić information content (AvgIpc) is 2.92. The maximum absolute atomic E-state index is 12.6. The summed E-state index contributed by atoms with van der Waals surface area (Å²) in [6.07, 6.45) is 7.31. The average molecular weight is 354 g/mol. The first-order valence-corrected chi connectivity index (χ1v) is 10.2. The maximum Gasteiger partial charge on any atom is 0.311 e. The van der Waals surface area contributed by atoms with E-state index in [0.717, 1.165) is 6.42 Å². The molecular formula is C23H31NO2. The lowest BCUT2D eigenvalue weighted by Gasteiger charge is -2.46. The van der Waals surface area contributed by atoms with Crippen molar-refractivity contribution in [2.24, 2.45) is 23.2 Å². The molecule has 1 saturated heterocycles. The number of hydrogen-bond acceptors (Lipinski definition) is 3. The molecule has 0 bridgehead atoms. The summed E-state index contributed by atoms with van der Waals surface area (Å²) in [6.45, 7) is 7.57.